The molecule has 0 saturated carbocycles. The summed E-state index contributed by atoms with van der Waals surface area (Å²) in [7, 11) is 1.81. The van der Waals surface area contributed by atoms with Crippen molar-refractivity contribution in [2.45, 2.75) is 26.4 Å². The number of benzene rings is 1. The molecule has 1 aromatic carbocycles. The van der Waals surface area contributed by atoms with Gasteiger partial charge in [0.05, 0.1) is 12.1 Å². The van der Waals surface area contributed by atoms with Crippen molar-refractivity contribution in [2.24, 2.45) is 0 Å². The molecular weight excluding hydrogens is 308 g/mol. The Morgan fingerprint density at radius 1 is 1.47 bits per heavy atom. The Hall–Kier alpha value is -0.910. The van der Waals surface area contributed by atoms with E-state index >= 15 is 0 Å². The van der Waals surface area contributed by atoms with E-state index in [4.69, 9.17) is 0 Å². The number of anilines is 1. The number of carbonyl (C=O) groups is 1. The second-order valence-corrected chi connectivity index (χ2v) is 6.41. The Balaban J connectivity index is 2.56. The first-order valence-electron chi connectivity index (χ1n) is 6.14. The third kappa shape index (κ3) is 6.18. The van der Waals surface area contributed by atoms with E-state index in [1.54, 1.807) is 18.7 Å². The first-order chi connectivity index (χ1) is 8.67. The molecule has 0 unspecified atom stereocenters. The summed E-state index contributed by atoms with van der Waals surface area (Å²) in [6.07, 6.45) is 0. The minimum absolute atomic E-state index is 0.0860. The van der Waals surface area contributed by atoms with Crippen LogP contribution in [0, 0.1) is 6.92 Å². The first kappa shape index (κ1) is 16.1. The number of amides is 1. The Morgan fingerprint density at radius 3 is 2.63 bits per heavy atom. The lowest BCUT2D eigenvalue weighted by molar-refractivity contribution is -0.117. The van der Waals surface area contributed by atoms with Crippen LogP contribution in [0.5, 0.6) is 0 Å². The number of carbonyl (C=O) groups excluding carboxylic acids is 1. The van der Waals surface area contributed by atoms with Crippen molar-refractivity contribution < 1.29 is 9.90 Å². The smallest absolute Gasteiger partial charge is 0.238 e. The van der Waals surface area contributed by atoms with Crippen molar-refractivity contribution in [2.75, 3.05) is 25.5 Å². The standard InChI is InChI=1S/C14H21BrN2O2/c1-10-7-11(15)5-6-12(10)16-13(18)8-17(4)9-14(2,3)19/h5-7,19H,8-9H2,1-4H3,(H,16,18). The summed E-state index contributed by atoms with van der Waals surface area (Å²) in [6, 6.07) is 5.71. The molecular formula is C14H21BrN2O2. The summed E-state index contributed by atoms with van der Waals surface area (Å²) < 4.78 is 0.988. The van der Waals surface area contributed by atoms with Gasteiger partial charge in [0.1, 0.15) is 0 Å². The second kappa shape index (κ2) is 6.50. The number of likely N-dealkylation sites (N-methyl/N-ethyl adjacent to an activating group) is 1. The Labute approximate surface area is 122 Å². The molecule has 1 amide bonds. The van der Waals surface area contributed by atoms with Gasteiger partial charge in [0.15, 0.2) is 0 Å². The van der Waals surface area contributed by atoms with E-state index in [2.05, 4.69) is 21.2 Å². The fraction of sp³-hybridized carbons (Fsp3) is 0.500. The zero-order chi connectivity index (χ0) is 14.6. The van der Waals surface area contributed by atoms with Gasteiger partial charge in [-0.25, -0.2) is 0 Å². The molecule has 0 aliphatic heterocycles. The summed E-state index contributed by atoms with van der Waals surface area (Å²) in [4.78, 5) is 13.7. The molecule has 2 N–H and O–H groups in total. The van der Waals surface area contributed by atoms with Crippen LogP contribution < -0.4 is 5.32 Å². The number of nitrogens with zero attached hydrogens (tertiary/aromatic N) is 1. The van der Waals surface area contributed by atoms with Crippen molar-refractivity contribution in [3.05, 3.63) is 28.2 Å². The highest BCUT2D eigenvalue weighted by atomic mass is 79.9. The summed E-state index contributed by atoms with van der Waals surface area (Å²) in [6.45, 7) is 6.08. The van der Waals surface area contributed by atoms with Crippen molar-refractivity contribution in [1.29, 1.82) is 0 Å². The topological polar surface area (TPSA) is 52.6 Å². The number of hydrogen-bond donors (Lipinski definition) is 2. The maximum absolute atomic E-state index is 11.9. The lowest BCUT2D eigenvalue weighted by Gasteiger charge is -2.24. The van der Waals surface area contributed by atoms with Crippen molar-refractivity contribution in [1.82, 2.24) is 4.90 Å². The van der Waals surface area contributed by atoms with Crippen LogP contribution in [-0.2, 0) is 4.79 Å². The van der Waals surface area contributed by atoms with Gasteiger partial charge in [-0.15, -0.1) is 0 Å². The van der Waals surface area contributed by atoms with Crippen LogP contribution in [0.1, 0.15) is 19.4 Å². The summed E-state index contributed by atoms with van der Waals surface area (Å²) in [5.41, 5.74) is 1.01. The molecule has 0 heterocycles. The highest BCUT2D eigenvalue weighted by molar-refractivity contribution is 9.10. The normalized spacial score (nSPS) is 11.7. The summed E-state index contributed by atoms with van der Waals surface area (Å²) >= 11 is 3.39. The molecule has 0 aliphatic rings. The lowest BCUT2D eigenvalue weighted by atomic mass is 10.1. The number of aliphatic hydroxyl groups is 1. The monoisotopic (exact) mass is 328 g/mol. The van der Waals surface area contributed by atoms with E-state index < -0.39 is 5.60 Å². The SMILES string of the molecule is Cc1cc(Br)ccc1NC(=O)CN(C)CC(C)(C)O. The molecule has 0 bridgehead atoms. The predicted molar refractivity (Wildman–Crippen MR) is 81.3 cm³/mol. The Morgan fingerprint density at radius 2 is 2.11 bits per heavy atom. The Bertz CT molecular complexity index is 455. The average Bonchev–Trinajstić information content (AvgIpc) is 2.19. The number of halogens is 1. The minimum atomic E-state index is -0.803. The number of nitrogens with one attached hydrogen (secondary N) is 1. The molecule has 0 aromatic heterocycles. The van der Waals surface area contributed by atoms with Crippen molar-refractivity contribution in [3.63, 3.8) is 0 Å². The van der Waals surface area contributed by atoms with Gasteiger partial charge in [0, 0.05) is 16.7 Å². The maximum Gasteiger partial charge on any atom is 0.238 e. The number of rotatable bonds is 5. The maximum atomic E-state index is 11.9. The molecule has 0 radical (unpaired) electrons. The lowest BCUT2D eigenvalue weighted by Crippen LogP contribution is -2.40. The molecule has 1 rings (SSSR count). The Kier molecular flexibility index (Phi) is 5.52. The minimum Gasteiger partial charge on any atom is -0.389 e. The second-order valence-electron chi connectivity index (χ2n) is 5.49. The fourth-order valence-electron chi connectivity index (χ4n) is 1.92. The van der Waals surface area contributed by atoms with Crippen LogP contribution in [-0.4, -0.2) is 41.7 Å². The van der Waals surface area contributed by atoms with Crippen LogP contribution in [0.4, 0.5) is 5.69 Å². The molecule has 0 spiro atoms. The molecule has 19 heavy (non-hydrogen) atoms. The third-order valence-corrected chi connectivity index (χ3v) is 3.03. The van der Waals surface area contributed by atoms with E-state index in [9.17, 15) is 9.90 Å². The van der Waals surface area contributed by atoms with Crippen LogP contribution in [0.3, 0.4) is 0 Å². The van der Waals surface area contributed by atoms with Crippen molar-refractivity contribution >= 4 is 27.5 Å². The van der Waals surface area contributed by atoms with Crippen LogP contribution >= 0.6 is 15.9 Å². The van der Waals surface area contributed by atoms with Gasteiger partial charge in [-0.05, 0) is 51.6 Å². The average molecular weight is 329 g/mol. The molecule has 0 atom stereocenters. The molecule has 0 saturated heterocycles. The molecule has 5 heteroatoms. The fourth-order valence-corrected chi connectivity index (χ4v) is 2.39. The third-order valence-electron chi connectivity index (χ3n) is 2.53. The van der Waals surface area contributed by atoms with Gasteiger partial charge >= 0.3 is 0 Å². The zero-order valence-corrected chi connectivity index (χ0v) is 13.4. The van der Waals surface area contributed by atoms with Crippen LogP contribution in [0.25, 0.3) is 0 Å². The van der Waals surface area contributed by atoms with Gasteiger partial charge in [-0.3, -0.25) is 9.69 Å². The first-order valence-corrected chi connectivity index (χ1v) is 6.93. The molecule has 0 aliphatic carbocycles. The highest BCUT2D eigenvalue weighted by Gasteiger charge is 2.17. The summed E-state index contributed by atoms with van der Waals surface area (Å²) in [5.74, 6) is -0.0860. The van der Waals surface area contributed by atoms with E-state index in [-0.39, 0.29) is 12.5 Å². The quantitative estimate of drug-likeness (QED) is 0.872. The van der Waals surface area contributed by atoms with Crippen LogP contribution in [0.15, 0.2) is 22.7 Å². The van der Waals surface area contributed by atoms with Gasteiger partial charge in [0.2, 0.25) is 5.91 Å². The van der Waals surface area contributed by atoms with Gasteiger partial charge in [0.25, 0.3) is 0 Å². The van der Waals surface area contributed by atoms with Gasteiger partial charge in [-0.1, -0.05) is 15.9 Å². The van der Waals surface area contributed by atoms with Gasteiger partial charge < -0.3 is 10.4 Å². The van der Waals surface area contributed by atoms with E-state index in [1.165, 1.54) is 0 Å². The number of aryl methyl sites for hydroxylation is 1. The zero-order valence-electron chi connectivity index (χ0n) is 11.8. The van der Waals surface area contributed by atoms with Gasteiger partial charge in [-0.2, -0.15) is 0 Å². The molecule has 1 aromatic rings. The molecule has 4 nitrogen and oxygen atoms in total. The van der Waals surface area contributed by atoms with E-state index in [1.807, 2.05) is 32.2 Å². The number of hydrogen-bond acceptors (Lipinski definition) is 3. The van der Waals surface area contributed by atoms with Crippen molar-refractivity contribution in [3.8, 4) is 0 Å². The molecule has 106 valence electrons. The largest absolute Gasteiger partial charge is 0.389 e. The predicted octanol–water partition coefficient (Wildman–Crippen LogP) is 2.40. The highest BCUT2D eigenvalue weighted by Crippen LogP contribution is 2.19. The summed E-state index contributed by atoms with van der Waals surface area (Å²) in [5, 5.41) is 12.6. The molecule has 0 fully saturated rings. The van der Waals surface area contributed by atoms with E-state index in [0.717, 1.165) is 15.7 Å². The van der Waals surface area contributed by atoms with E-state index in [0.29, 0.717) is 6.54 Å². The van der Waals surface area contributed by atoms with Crippen LogP contribution in [0.2, 0.25) is 0 Å².